The van der Waals surface area contributed by atoms with Crippen LogP contribution in [0.2, 0.25) is 0 Å². The van der Waals surface area contributed by atoms with Crippen LogP contribution in [-0.4, -0.2) is 18.4 Å². The highest BCUT2D eigenvalue weighted by atomic mass is 32.1. The summed E-state index contributed by atoms with van der Waals surface area (Å²) in [6, 6.07) is 7.93. The Morgan fingerprint density at radius 3 is 2.19 bits per heavy atom. The van der Waals surface area contributed by atoms with Crippen molar-refractivity contribution in [3.8, 4) is 0 Å². The Morgan fingerprint density at radius 2 is 1.69 bits per heavy atom. The summed E-state index contributed by atoms with van der Waals surface area (Å²) < 4.78 is 5.36. The third-order valence-corrected chi connectivity index (χ3v) is 5.30. The lowest BCUT2D eigenvalue weighted by Gasteiger charge is -2.22. The van der Waals surface area contributed by atoms with Gasteiger partial charge < -0.3 is 10.1 Å². The predicted octanol–water partition coefficient (Wildman–Crippen LogP) is 4.44. The Kier molecular flexibility index (Phi) is 6.24. The van der Waals surface area contributed by atoms with Crippen LogP contribution in [0.5, 0.6) is 0 Å². The van der Waals surface area contributed by atoms with Crippen LogP contribution in [-0.2, 0) is 21.6 Å². The van der Waals surface area contributed by atoms with Crippen molar-refractivity contribution in [1.82, 2.24) is 5.32 Å². The maximum Gasteiger partial charge on any atom is 0.325 e. The van der Waals surface area contributed by atoms with Gasteiger partial charge >= 0.3 is 5.97 Å². The number of nitrogens with one attached hydrogen (secondary N) is 1. The third kappa shape index (κ3) is 5.18. The zero-order chi connectivity index (χ0) is 19.5. The SMILES string of the molecule is Cc1ccc(C(=O)NCC(=O)OCc2c(C)cc(C(C)(C)C)cc2C)s1. The first-order chi connectivity index (χ1) is 12.1. The lowest BCUT2D eigenvalue weighted by molar-refractivity contribution is -0.143. The van der Waals surface area contributed by atoms with Gasteiger partial charge in [-0.2, -0.15) is 0 Å². The Morgan fingerprint density at radius 1 is 1.08 bits per heavy atom. The van der Waals surface area contributed by atoms with Gasteiger partial charge in [0.25, 0.3) is 5.91 Å². The van der Waals surface area contributed by atoms with E-state index in [4.69, 9.17) is 4.74 Å². The zero-order valence-electron chi connectivity index (χ0n) is 16.4. The van der Waals surface area contributed by atoms with Gasteiger partial charge in [-0.05, 0) is 60.6 Å². The third-order valence-electron chi connectivity index (χ3n) is 4.30. The maximum absolute atomic E-state index is 12.0. The predicted molar refractivity (Wildman–Crippen MR) is 106 cm³/mol. The molecule has 1 amide bonds. The van der Waals surface area contributed by atoms with Crippen LogP contribution in [0.25, 0.3) is 0 Å². The summed E-state index contributed by atoms with van der Waals surface area (Å²) in [6.07, 6.45) is 0. The molecule has 2 aromatic rings. The van der Waals surface area contributed by atoms with Gasteiger partial charge in [0.2, 0.25) is 0 Å². The van der Waals surface area contributed by atoms with Crippen molar-refractivity contribution in [1.29, 1.82) is 0 Å². The second-order valence-corrected chi connectivity index (χ2v) is 8.88. The number of amides is 1. The van der Waals surface area contributed by atoms with Crippen molar-refractivity contribution < 1.29 is 14.3 Å². The number of esters is 1. The molecule has 0 aliphatic rings. The van der Waals surface area contributed by atoms with E-state index in [-0.39, 0.29) is 24.5 Å². The number of hydrogen-bond donors (Lipinski definition) is 1. The lowest BCUT2D eigenvalue weighted by Crippen LogP contribution is -2.30. The molecule has 1 aromatic carbocycles. The van der Waals surface area contributed by atoms with Crippen molar-refractivity contribution >= 4 is 23.2 Å². The Balaban J connectivity index is 1.92. The summed E-state index contributed by atoms with van der Waals surface area (Å²) in [5.74, 6) is -0.688. The van der Waals surface area contributed by atoms with Crippen molar-refractivity contribution in [2.75, 3.05) is 6.54 Å². The van der Waals surface area contributed by atoms with E-state index in [2.05, 4.69) is 38.2 Å². The normalized spacial score (nSPS) is 11.3. The minimum Gasteiger partial charge on any atom is -0.459 e. The summed E-state index contributed by atoms with van der Waals surface area (Å²) >= 11 is 1.40. The molecule has 0 fully saturated rings. The smallest absolute Gasteiger partial charge is 0.325 e. The van der Waals surface area contributed by atoms with Crippen LogP contribution < -0.4 is 5.32 Å². The largest absolute Gasteiger partial charge is 0.459 e. The molecule has 0 spiro atoms. The summed E-state index contributed by atoms with van der Waals surface area (Å²) in [4.78, 5) is 25.6. The fraction of sp³-hybridized carbons (Fsp3) is 0.429. The molecule has 140 valence electrons. The number of benzene rings is 1. The van der Waals surface area contributed by atoms with Gasteiger partial charge in [0.15, 0.2) is 0 Å². The molecule has 0 atom stereocenters. The molecule has 0 bridgehead atoms. The van der Waals surface area contributed by atoms with Gasteiger partial charge in [-0.3, -0.25) is 9.59 Å². The van der Waals surface area contributed by atoms with E-state index in [1.54, 1.807) is 6.07 Å². The van der Waals surface area contributed by atoms with E-state index in [9.17, 15) is 9.59 Å². The first-order valence-electron chi connectivity index (χ1n) is 8.69. The standard InChI is InChI=1S/C21H27NO3S/c1-13-9-16(21(4,5)6)10-14(2)17(13)12-25-19(23)11-22-20(24)18-8-7-15(3)26-18/h7-10H,11-12H2,1-6H3,(H,22,24). The molecule has 26 heavy (non-hydrogen) atoms. The van der Waals surface area contributed by atoms with Gasteiger partial charge in [-0.1, -0.05) is 32.9 Å². The molecule has 0 saturated carbocycles. The van der Waals surface area contributed by atoms with Crippen molar-refractivity contribution in [3.05, 3.63) is 56.3 Å². The van der Waals surface area contributed by atoms with Crippen molar-refractivity contribution in [2.45, 2.75) is 53.6 Å². The highest BCUT2D eigenvalue weighted by molar-refractivity contribution is 7.13. The maximum atomic E-state index is 12.0. The van der Waals surface area contributed by atoms with Gasteiger partial charge in [0.1, 0.15) is 13.2 Å². The van der Waals surface area contributed by atoms with Crippen LogP contribution in [0.4, 0.5) is 0 Å². The van der Waals surface area contributed by atoms with Crippen LogP contribution in [0.15, 0.2) is 24.3 Å². The second kappa shape index (κ2) is 8.04. The molecule has 1 heterocycles. The number of thiophene rings is 1. The van der Waals surface area contributed by atoms with Gasteiger partial charge in [-0.15, -0.1) is 11.3 Å². The van der Waals surface area contributed by atoms with Crippen LogP contribution >= 0.6 is 11.3 Å². The van der Waals surface area contributed by atoms with Crippen LogP contribution in [0.3, 0.4) is 0 Å². The van der Waals surface area contributed by atoms with E-state index >= 15 is 0 Å². The Labute approximate surface area is 159 Å². The Hall–Kier alpha value is -2.14. The molecular formula is C21H27NO3S. The Bertz CT molecular complexity index is 792. The monoisotopic (exact) mass is 373 g/mol. The number of carbonyl (C=O) groups is 2. The van der Waals surface area contributed by atoms with E-state index < -0.39 is 5.97 Å². The molecule has 4 nitrogen and oxygen atoms in total. The number of rotatable bonds is 5. The van der Waals surface area contributed by atoms with E-state index in [0.29, 0.717) is 4.88 Å². The van der Waals surface area contributed by atoms with Crippen LogP contribution in [0.1, 0.15) is 57.6 Å². The van der Waals surface area contributed by atoms with E-state index in [0.717, 1.165) is 21.6 Å². The number of ether oxygens (including phenoxy) is 1. The zero-order valence-corrected chi connectivity index (χ0v) is 17.2. The van der Waals surface area contributed by atoms with Crippen molar-refractivity contribution in [3.63, 3.8) is 0 Å². The molecule has 1 aromatic heterocycles. The van der Waals surface area contributed by atoms with E-state index in [1.807, 2.05) is 26.8 Å². The quantitative estimate of drug-likeness (QED) is 0.788. The molecule has 0 unspecified atom stereocenters. The first-order valence-corrected chi connectivity index (χ1v) is 9.50. The number of carbonyl (C=O) groups excluding carboxylic acids is 2. The molecular weight excluding hydrogens is 346 g/mol. The average molecular weight is 374 g/mol. The van der Waals surface area contributed by atoms with E-state index in [1.165, 1.54) is 16.9 Å². The minimum absolute atomic E-state index is 0.0785. The fourth-order valence-corrected chi connectivity index (χ4v) is 3.44. The molecule has 5 heteroatoms. The van der Waals surface area contributed by atoms with Gasteiger partial charge in [0, 0.05) is 4.88 Å². The van der Waals surface area contributed by atoms with Crippen molar-refractivity contribution in [2.24, 2.45) is 0 Å². The summed E-state index contributed by atoms with van der Waals surface area (Å²) in [5, 5.41) is 2.60. The van der Waals surface area contributed by atoms with Gasteiger partial charge in [0.05, 0.1) is 4.88 Å². The summed E-state index contributed by atoms with van der Waals surface area (Å²) in [7, 11) is 0. The second-order valence-electron chi connectivity index (χ2n) is 7.59. The summed E-state index contributed by atoms with van der Waals surface area (Å²) in [6.45, 7) is 12.6. The topological polar surface area (TPSA) is 55.4 Å². The lowest BCUT2D eigenvalue weighted by atomic mass is 9.84. The minimum atomic E-state index is -0.440. The molecule has 0 saturated heterocycles. The first kappa shape index (κ1) is 20.2. The van der Waals surface area contributed by atoms with Crippen LogP contribution in [0, 0.1) is 20.8 Å². The number of hydrogen-bond acceptors (Lipinski definition) is 4. The summed E-state index contributed by atoms with van der Waals surface area (Å²) in [5.41, 5.74) is 4.59. The molecule has 0 aliphatic heterocycles. The fourth-order valence-electron chi connectivity index (χ4n) is 2.65. The highest BCUT2D eigenvalue weighted by Gasteiger charge is 2.17. The highest BCUT2D eigenvalue weighted by Crippen LogP contribution is 2.27. The molecule has 1 N–H and O–H groups in total. The molecule has 0 aliphatic carbocycles. The average Bonchev–Trinajstić information content (AvgIpc) is 2.97. The molecule has 0 radical (unpaired) electrons. The molecule has 2 rings (SSSR count). The van der Waals surface area contributed by atoms with Gasteiger partial charge in [-0.25, -0.2) is 0 Å². The number of aryl methyl sites for hydroxylation is 3.